The number of aryl methyl sites for hydroxylation is 2. The molecule has 0 aliphatic heterocycles. The van der Waals surface area contributed by atoms with Crippen LogP contribution in [0.25, 0.3) is 0 Å². The molecule has 1 amide bonds. The summed E-state index contributed by atoms with van der Waals surface area (Å²) in [7, 11) is 0. The van der Waals surface area contributed by atoms with Gasteiger partial charge in [-0.1, -0.05) is 12.8 Å². The lowest BCUT2D eigenvalue weighted by atomic mass is 10.2. The van der Waals surface area contributed by atoms with Crippen molar-refractivity contribution in [3.8, 4) is 0 Å². The van der Waals surface area contributed by atoms with Gasteiger partial charge in [-0.25, -0.2) is 0 Å². The Hall–Kier alpha value is -1.92. The van der Waals surface area contributed by atoms with Gasteiger partial charge in [0.1, 0.15) is 0 Å². The molecule has 1 N–H and O–H groups in total. The van der Waals surface area contributed by atoms with Gasteiger partial charge in [0.25, 0.3) is 0 Å². The zero-order chi connectivity index (χ0) is 13.8. The molecule has 2 rings (SSSR count). The van der Waals surface area contributed by atoms with Crippen molar-refractivity contribution in [1.29, 1.82) is 0 Å². The molecule has 19 heavy (non-hydrogen) atoms. The highest BCUT2D eigenvalue weighted by atomic mass is 16.6. The zero-order valence-corrected chi connectivity index (χ0v) is 11.0. The van der Waals surface area contributed by atoms with Crippen molar-refractivity contribution in [1.82, 2.24) is 15.1 Å². The van der Waals surface area contributed by atoms with Crippen LogP contribution in [-0.4, -0.2) is 26.7 Å². The van der Waals surface area contributed by atoms with Gasteiger partial charge in [-0.3, -0.25) is 4.79 Å². The number of hydrogen-bond acceptors (Lipinski definition) is 4. The fraction of sp³-hybridized carbons (Fsp3) is 0.667. The minimum atomic E-state index is -0.526. The number of amides is 1. The molecule has 0 radical (unpaired) electrons. The molecule has 1 aliphatic rings. The maximum Gasteiger partial charge on any atom is 0.390 e. The van der Waals surface area contributed by atoms with E-state index in [4.69, 9.17) is 0 Å². The SMILES string of the molecule is Cc1cc([N+](=O)[O-])nn1CCC(=O)NC1CCCC1. The molecule has 1 aromatic heterocycles. The molecular weight excluding hydrogens is 248 g/mol. The Morgan fingerprint density at radius 3 is 2.84 bits per heavy atom. The first kappa shape index (κ1) is 13.5. The lowest BCUT2D eigenvalue weighted by Crippen LogP contribution is -2.33. The van der Waals surface area contributed by atoms with E-state index in [9.17, 15) is 14.9 Å². The van der Waals surface area contributed by atoms with E-state index in [0.29, 0.717) is 24.7 Å². The summed E-state index contributed by atoms with van der Waals surface area (Å²) < 4.78 is 1.51. The van der Waals surface area contributed by atoms with Crippen molar-refractivity contribution in [3.63, 3.8) is 0 Å². The Morgan fingerprint density at radius 1 is 1.58 bits per heavy atom. The molecule has 0 spiro atoms. The molecule has 1 saturated carbocycles. The van der Waals surface area contributed by atoms with Crippen LogP contribution in [0.4, 0.5) is 5.82 Å². The fourth-order valence-electron chi connectivity index (χ4n) is 2.39. The monoisotopic (exact) mass is 266 g/mol. The summed E-state index contributed by atoms with van der Waals surface area (Å²) in [6, 6.07) is 1.72. The molecule has 1 heterocycles. The van der Waals surface area contributed by atoms with E-state index < -0.39 is 4.92 Å². The number of carbonyl (C=O) groups is 1. The number of nitrogens with zero attached hydrogens (tertiary/aromatic N) is 3. The van der Waals surface area contributed by atoms with Crippen LogP contribution >= 0.6 is 0 Å². The van der Waals surface area contributed by atoms with Crippen LogP contribution < -0.4 is 5.32 Å². The Bertz CT molecular complexity index is 477. The average molecular weight is 266 g/mol. The maximum absolute atomic E-state index is 11.7. The van der Waals surface area contributed by atoms with E-state index in [1.807, 2.05) is 0 Å². The number of carbonyl (C=O) groups excluding carboxylic acids is 1. The van der Waals surface area contributed by atoms with Gasteiger partial charge in [-0.2, -0.15) is 4.68 Å². The molecule has 0 bridgehead atoms. The third-order valence-electron chi connectivity index (χ3n) is 3.43. The number of nitrogens with one attached hydrogen (secondary N) is 1. The van der Waals surface area contributed by atoms with Crippen molar-refractivity contribution in [2.24, 2.45) is 0 Å². The highest BCUT2D eigenvalue weighted by Crippen LogP contribution is 2.17. The highest BCUT2D eigenvalue weighted by molar-refractivity contribution is 5.76. The summed E-state index contributed by atoms with van der Waals surface area (Å²) in [5.41, 5.74) is 0.695. The molecule has 0 unspecified atom stereocenters. The molecule has 0 aromatic carbocycles. The first-order valence-electron chi connectivity index (χ1n) is 6.54. The first-order chi connectivity index (χ1) is 9.06. The topological polar surface area (TPSA) is 90.1 Å². The lowest BCUT2D eigenvalue weighted by Gasteiger charge is -2.11. The van der Waals surface area contributed by atoms with E-state index in [0.717, 1.165) is 12.8 Å². The first-order valence-corrected chi connectivity index (χ1v) is 6.54. The van der Waals surface area contributed by atoms with Crippen molar-refractivity contribution in [3.05, 3.63) is 21.9 Å². The van der Waals surface area contributed by atoms with Crippen LogP contribution in [0.5, 0.6) is 0 Å². The van der Waals surface area contributed by atoms with Crippen LogP contribution in [0.2, 0.25) is 0 Å². The van der Waals surface area contributed by atoms with E-state index in [2.05, 4.69) is 10.4 Å². The normalized spacial score (nSPS) is 15.6. The molecule has 1 fully saturated rings. The standard InChI is InChI=1S/C12H18N4O3/c1-9-8-11(16(18)19)14-15(9)7-6-12(17)13-10-4-2-3-5-10/h8,10H,2-7H2,1H3,(H,13,17). The molecule has 7 heteroatoms. The van der Waals surface area contributed by atoms with Crippen LogP contribution in [0.15, 0.2) is 6.07 Å². The predicted molar refractivity (Wildman–Crippen MR) is 68.6 cm³/mol. The molecular formula is C12H18N4O3. The molecule has 104 valence electrons. The molecule has 1 aromatic rings. The van der Waals surface area contributed by atoms with E-state index >= 15 is 0 Å². The van der Waals surface area contributed by atoms with Gasteiger partial charge in [-0.15, -0.1) is 0 Å². The third kappa shape index (κ3) is 3.52. The second kappa shape index (κ2) is 5.81. The molecule has 0 atom stereocenters. The summed E-state index contributed by atoms with van der Waals surface area (Å²) in [5.74, 6) is -0.182. The zero-order valence-electron chi connectivity index (χ0n) is 11.0. The summed E-state index contributed by atoms with van der Waals surface area (Å²) in [5, 5.41) is 17.4. The van der Waals surface area contributed by atoms with Gasteiger partial charge in [0.2, 0.25) is 5.91 Å². The van der Waals surface area contributed by atoms with E-state index in [1.54, 1.807) is 6.92 Å². The smallest absolute Gasteiger partial charge is 0.358 e. The van der Waals surface area contributed by atoms with Crippen molar-refractivity contribution >= 4 is 11.7 Å². The van der Waals surface area contributed by atoms with Gasteiger partial charge < -0.3 is 15.4 Å². The maximum atomic E-state index is 11.7. The summed E-state index contributed by atoms with van der Waals surface area (Å²) in [4.78, 5) is 21.8. The number of nitro groups is 1. The van der Waals surface area contributed by atoms with Gasteiger partial charge in [-0.05, 0) is 24.7 Å². The quantitative estimate of drug-likeness (QED) is 0.646. The predicted octanol–water partition coefficient (Wildman–Crippen LogP) is 1.55. The van der Waals surface area contributed by atoms with Gasteiger partial charge in [0.05, 0.1) is 23.4 Å². The Labute approximate surface area is 111 Å². The molecule has 1 aliphatic carbocycles. The summed E-state index contributed by atoms with van der Waals surface area (Å²) in [6.07, 6.45) is 4.76. The molecule has 7 nitrogen and oxygen atoms in total. The van der Waals surface area contributed by atoms with Crippen LogP contribution in [0.3, 0.4) is 0 Å². The second-order valence-electron chi connectivity index (χ2n) is 4.92. The Kier molecular flexibility index (Phi) is 4.13. The lowest BCUT2D eigenvalue weighted by molar-refractivity contribution is -0.389. The minimum Gasteiger partial charge on any atom is -0.358 e. The Balaban J connectivity index is 1.84. The van der Waals surface area contributed by atoms with Crippen LogP contribution in [0.1, 0.15) is 37.8 Å². The van der Waals surface area contributed by atoms with Gasteiger partial charge in [0.15, 0.2) is 0 Å². The Morgan fingerprint density at radius 2 is 2.26 bits per heavy atom. The summed E-state index contributed by atoms with van der Waals surface area (Å²) in [6.45, 7) is 2.12. The summed E-state index contributed by atoms with van der Waals surface area (Å²) >= 11 is 0. The van der Waals surface area contributed by atoms with Gasteiger partial charge in [0, 0.05) is 12.5 Å². The minimum absolute atomic E-state index is 0.00977. The van der Waals surface area contributed by atoms with E-state index in [1.165, 1.54) is 23.6 Å². The van der Waals surface area contributed by atoms with Crippen molar-refractivity contribution in [2.75, 3.05) is 0 Å². The van der Waals surface area contributed by atoms with Gasteiger partial charge >= 0.3 is 5.82 Å². The number of aromatic nitrogens is 2. The van der Waals surface area contributed by atoms with Crippen LogP contribution in [0, 0.1) is 17.0 Å². The van der Waals surface area contributed by atoms with Crippen LogP contribution in [-0.2, 0) is 11.3 Å². The highest BCUT2D eigenvalue weighted by Gasteiger charge is 2.19. The third-order valence-corrected chi connectivity index (χ3v) is 3.43. The van der Waals surface area contributed by atoms with E-state index in [-0.39, 0.29) is 11.7 Å². The number of hydrogen-bond donors (Lipinski definition) is 1. The van der Waals surface area contributed by atoms with Crippen molar-refractivity contribution < 1.29 is 9.72 Å². The average Bonchev–Trinajstić information content (AvgIpc) is 2.96. The second-order valence-corrected chi connectivity index (χ2v) is 4.92. The number of rotatable bonds is 5. The van der Waals surface area contributed by atoms with Crippen molar-refractivity contribution in [2.45, 2.75) is 51.6 Å². The fourth-order valence-corrected chi connectivity index (χ4v) is 2.39. The largest absolute Gasteiger partial charge is 0.390 e. The molecule has 0 saturated heterocycles.